The summed E-state index contributed by atoms with van der Waals surface area (Å²) >= 11 is 1.44. The second-order valence-corrected chi connectivity index (χ2v) is 10.6. The van der Waals surface area contributed by atoms with Gasteiger partial charge in [-0.15, -0.1) is 0 Å². The number of carbonyl (C=O) groups excluding carboxylic acids is 3. The molecule has 11 nitrogen and oxygen atoms in total. The number of carboxylic acids is 1. The maximum absolute atomic E-state index is 11.0. The summed E-state index contributed by atoms with van der Waals surface area (Å²) in [6.07, 6.45) is 2.66. The van der Waals surface area contributed by atoms with Gasteiger partial charge in [0, 0.05) is 19.9 Å². The van der Waals surface area contributed by atoms with E-state index in [1.165, 1.54) is 29.3 Å². The van der Waals surface area contributed by atoms with E-state index in [-0.39, 0.29) is 29.9 Å². The molecule has 2 atom stereocenters. The van der Waals surface area contributed by atoms with Crippen molar-refractivity contribution in [3.63, 3.8) is 0 Å². The average Bonchev–Trinajstić information content (AvgIpc) is 3.03. The SMILES string of the molecule is CC(O)(CNC(=O)CCC(=O)O)P(=O)(O)O.CCc1ccccc1.CSC1CC(=O)N(C)C1=O. The van der Waals surface area contributed by atoms with Gasteiger partial charge in [-0.1, -0.05) is 37.3 Å². The number of hydrogen-bond donors (Lipinski definition) is 5. The lowest BCUT2D eigenvalue weighted by molar-refractivity contribution is -0.139. The third-order valence-electron chi connectivity index (χ3n) is 4.69. The summed E-state index contributed by atoms with van der Waals surface area (Å²) in [6, 6.07) is 10.5. The van der Waals surface area contributed by atoms with Crippen LogP contribution in [0, 0.1) is 0 Å². The Morgan fingerprint density at radius 1 is 1.21 bits per heavy atom. The molecule has 0 aromatic heterocycles. The van der Waals surface area contributed by atoms with Gasteiger partial charge in [-0.2, -0.15) is 11.8 Å². The minimum absolute atomic E-state index is 0.0579. The fourth-order valence-electron chi connectivity index (χ4n) is 2.30. The first-order chi connectivity index (χ1) is 15.7. The van der Waals surface area contributed by atoms with Gasteiger partial charge in [-0.05, 0) is 25.2 Å². The van der Waals surface area contributed by atoms with Gasteiger partial charge in [0.2, 0.25) is 17.7 Å². The molecule has 1 saturated heterocycles. The molecule has 5 N–H and O–H groups in total. The summed E-state index contributed by atoms with van der Waals surface area (Å²) in [4.78, 5) is 61.5. The van der Waals surface area contributed by atoms with E-state index in [4.69, 9.17) is 14.9 Å². The quantitative estimate of drug-likeness (QED) is 0.247. The number of carboxylic acid groups (broad SMARTS) is 1. The van der Waals surface area contributed by atoms with Crippen molar-refractivity contribution in [1.29, 1.82) is 0 Å². The highest BCUT2D eigenvalue weighted by Gasteiger charge is 2.40. The van der Waals surface area contributed by atoms with Crippen LogP contribution >= 0.6 is 19.4 Å². The lowest BCUT2D eigenvalue weighted by atomic mass is 10.2. The van der Waals surface area contributed by atoms with Gasteiger partial charge in [0.05, 0.1) is 18.2 Å². The maximum atomic E-state index is 11.0. The van der Waals surface area contributed by atoms with Gasteiger partial charge in [0.15, 0.2) is 5.34 Å². The number of aliphatic carboxylic acids is 1. The number of amides is 3. The Hall–Kier alpha value is -2.24. The Morgan fingerprint density at radius 3 is 2.09 bits per heavy atom. The second-order valence-electron chi connectivity index (χ2n) is 7.49. The Bertz CT molecular complexity index is 874. The molecular formula is C21H33N2O9PS. The third kappa shape index (κ3) is 11.8. The normalized spacial score (nSPS) is 17.0. The van der Waals surface area contributed by atoms with Gasteiger partial charge < -0.3 is 25.3 Å². The van der Waals surface area contributed by atoms with Gasteiger partial charge in [0.1, 0.15) is 0 Å². The van der Waals surface area contributed by atoms with Crippen LogP contribution in [0.3, 0.4) is 0 Å². The van der Waals surface area contributed by atoms with E-state index in [2.05, 4.69) is 31.2 Å². The Balaban J connectivity index is 0.000000514. The van der Waals surface area contributed by atoms with Crippen molar-refractivity contribution >= 4 is 43.0 Å². The van der Waals surface area contributed by atoms with Crippen LogP contribution in [-0.4, -0.2) is 79.0 Å². The van der Waals surface area contributed by atoms with Crippen molar-refractivity contribution in [2.24, 2.45) is 0 Å². The smallest absolute Gasteiger partial charge is 0.358 e. The highest BCUT2D eigenvalue weighted by Crippen LogP contribution is 2.47. The fourth-order valence-corrected chi connectivity index (χ4v) is 3.25. The van der Waals surface area contributed by atoms with Crippen LogP contribution in [-0.2, 0) is 30.2 Å². The minimum Gasteiger partial charge on any atom is -0.481 e. The monoisotopic (exact) mass is 520 g/mol. The molecule has 1 aromatic carbocycles. The Kier molecular flexibility index (Phi) is 13.9. The van der Waals surface area contributed by atoms with Crippen LogP contribution in [0.2, 0.25) is 0 Å². The highest BCUT2D eigenvalue weighted by atomic mass is 32.2. The predicted octanol–water partition coefficient (Wildman–Crippen LogP) is 1.21. The molecule has 0 spiro atoms. The molecule has 1 fully saturated rings. The Labute approximate surface area is 203 Å². The number of imide groups is 1. The molecule has 0 bridgehead atoms. The second kappa shape index (κ2) is 14.9. The molecular weight excluding hydrogens is 487 g/mol. The Morgan fingerprint density at radius 2 is 1.76 bits per heavy atom. The maximum Gasteiger partial charge on any atom is 0.358 e. The number of likely N-dealkylation sites (tertiary alicyclic amines) is 1. The fraction of sp³-hybridized carbons (Fsp3) is 0.524. The predicted molar refractivity (Wildman–Crippen MR) is 128 cm³/mol. The lowest BCUT2D eigenvalue weighted by Gasteiger charge is -2.24. The zero-order valence-electron chi connectivity index (χ0n) is 19.6. The van der Waals surface area contributed by atoms with Crippen LogP contribution in [0.25, 0.3) is 0 Å². The molecule has 2 rings (SSSR count). The zero-order valence-corrected chi connectivity index (χ0v) is 21.3. The third-order valence-corrected chi connectivity index (χ3v) is 7.04. The van der Waals surface area contributed by atoms with Crippen LogP contribution in [0.4, 0.5) is 0 Å². The number of aliphatic hydroxyl groups is 1. The van der Waals surface area contributed by atoms with Crippen LogP contribution in [0.5, 0.6) is 0 Å². The minimum atomic E-state index is -4.74. The number of nitrogens with one attached hydrogen (secondary N) is 1. The van der Waals surface area contributed by atoms with Gasteiger partial charge in [-0.3, -0.25) is 28.6 Å². The van der Waals surface area contributed by atoms with E-state index in [0.29, 0.717) is 6.42 Å². The number of thioether (sulfide) groups is 1. The first kappa shape index (κ1) is 31.8. The number of hydrogen-bond acceptors (Lipinski definition) is 7. The van der Waals surface area contributed by atoms with Crippen molar-refractivity contribution in [2.45, 2.75) is 50.1 Å². The van der Waals surface area contributed by atoms with Crippen LogP contribution < -0.4 is 5.32 Å². The number of carbonyl (C=O) groups is 4. The van der Waals surface area contributed by atoms with Crippen molar-refractivity contribution in [1.82, 2.24) is 10.2 Å². The molecule has 1 aromatic rings. The largest absolute Gasteiger partial charge is 0.481 e. The molecule has 0 aliphatic carbocycles. The summed E-state index contributed by atoms with van der Waals surface area (Å²) in [5.41, 5.74) is 1.41. The van der Waals surface area contributed by atoms with Crippen molar-refractivity contribution in [3.8, 4) is 0 Å². The topological polar surface area (TPSA) is 182 Å². The highest BCUT2D eigenvalue weighted by molar-refractivity contribution is 8.00. The van der Waals surface area contributed by atoms with E-state index in [1.807, 2.05) is 17.6 Å². The number of aryl methyl sites for hydroxylation is 1. The molecule has 34 heavy (non-hydrogen) atoms. The summed E-state index contributed by atoms with van der Waals surface area (Å²) in [5.74, 6) is -1.98. The van der Waals surface area contributed by atoms with Crippen LogP contribution in [0.1, 0.15) is 38.7 Å². The van der Waals surface area contributed by atoms with Gasteiger partial charge in [0.25, 0.3) is 0 Å². The number of rotatable bonds is 8. The van der Waals surface area contributed by atoms with Gasteiger partial charge in [-0.25, -0.2) is 0 Å². The van der Waals surface area contributed by atoms with E-state index in [1.54, 1.807) is 0 Å². The zero-order chi connectivity index (χ0) is 26.5. The molecule has 1 aliphatic rings. The summed E-state index contributed by atoms with van der Waals surface area (Å²) in [7, 11) is -3.21. The number of nitrogens with zero attached hydrogens (tertiary/aromatic N) is 1. The molecule has 0 saturated carbocycles. The van der Waals surface area contributed by atoms with Crippen molar-refractivity contribution in [2.75, 3.05) is 19.8 Å². The van der Waals surface area contributed by atoms with Crippen LogP contribution in [0.15, 0.2) is 30.3 Å². The summed E-state index contributed by atoms with van der Waals surface area (Å²) < 4.78 is 10.7. The van der Waals surface area contributed by atoms with E-state index in [9.17, 15) is 28.8 Å². The van der Waals surface area contributed by atoms with E-state index in [0.717, 1.165) is 13.3 Å². The average molecular weight is 521 g/mol. The molecule has 13 heteroatoms. The lowest BCUT2D eigenvalue weighted by Crippen LogP contribution is -2.40. The molecule has 1 aliphatic heterocycles. The molecule has 192 valence electrons. The van der Waals surface area contributed by atoms with Crippen molar-refractivity contribution < 1.29 is 43.7 Å². The summed E-state index contributed by atoms with van der Waals surface area (Å²) in [5, 5.41) is 17.1. The summed E-state index contributed by atoms with van der Waals surface area (Å²) in [6.45, 7) is 2.40. The van der Waals surface area contributed by atoms with Crippen molar-refractivity contribution in [3.05, 3.63) is 35.9 Å². The number of benzene rings is 1. The first-order valence-electron chi connectivity index (χ1n) is 10.3. The standard InChI is InChI=1S/C8H10.C7H14NO7P.C6H9NO2S/c1-2-8-6-4-3-5-7-8;1-7(12,16(13,14)15)4-8-5(9)2-3-6(10)11;1-7-5(8)3-4(10-2)6(7)9/h3-7H,2H2,1H3;12H,2-4H2,1H3,(H,8,9)(H,10,11)(H2,13,14,15);4H,3H2,1-2H3. The van der Waals surface area contributed by atoms with E-state index >= 15 is 0 Å². The first-order valence-corrected chi connectivity index (χ1v) is 13.2. The molecule has 0 radical (unpaired) electrons. The molecule has 1 heterocycles. The van der Waals surface area contributed by atoms with E-state index < -0.39 is 31.4 Å². The van der Waals surface area contributed by atoms with Gasteiger partial charge >= 0.3 is 13.6 Å². The molecule has 2 unspecified atom stereocenters. The molecule has 3 amide bonds.